The molecule has 0 unspecified atom stereocenters. The first-order valence-electron chi connectivity index (χ1n) is 3.98. The van der Waals surface area contributed by atoms with Gasteiger partial charge in [0.05, 0.1) is 5.69 Å². The zero-order valence-electron chi connectivity index (χ0n) is 7.66. The first kappa shape index (κ1) is 12.7. The average Bonchev–Trinajstić information content (AvgIpc) is 2.21. The van der Waals surface area contributed by atoms with Gasteiger partial charge in [0.15, 0.2) is 0 Å². The van der Waals surface area contributed by atoms with Crippen LogP contribution in [0.15, 0.2) is 34.2 Å². The molecule has 1 rings (SSSR count). The van der Waals surface area contributed by atoms with Gasteiger partial charge in [-0.05, 0) is 36.0 Å². The topological polar surface area (TPSA) is 29.4 Å². The van der Waals surface area contributed by atoms with Gasteiger partial charge in [-0.1, -0.05) is 0 Å². The van der Waals surface area contributed by atoms with Gasteiger partial charge in [0, 0.05) is 4.90 Å². The molecular formula is C9H5F4NOS. The highest BCUT2D eigenvalue weighted by Crippen LogP contribution is 2.40. The molecule has 0 heterocycles. The summed E-state index contributed by atoms with van der Waals surface area (Å²) in [5, 5.41) is -4.13. The molecule has 0 aromatic heterocycles. The second-order valence-electron chi connectivity index (χ2n) is 2.66. The van der Waals surface area contributed by atoms with Gasteiger partial charge in [-0.2, -0.15) is 13.8 Å². The van der Waals surface area contributed by atoms with Crippen molar-refractivity contribution in [2.75, 3.05) is 0 Å². The van der Waals surface area contributed by atoms with Crippen LogP contribution >= 0.6 is 11.8 Å². The quantitative estimate of drug-likeness (QED) is 0.354. The van der Waals surface area contributed by atoms with Crippen molar-refractivity contribution in [1.29, 1.82) is 0 Å². The van der Waals surface area contributed by atoms with E-state index in [4.69, 9.17) is 0 Å². The van der Waals surface area contributed by atoms with Crippen LogP contribution in [0.4, 0.5) is 23.2 Å². The third-order valence-electron chi connectivity index (χ3n) is 1.52. The monoisotopic (exact) mass is 251 g/mol. The molecule has 2 nitrogen and oxygen atoms in total. The van der Waals surface area contributed by atoms with Gasteiger partial charge >= 0.3 is 11.7 Å². The minimum atomic E-state index is -4.13. The van der Waals surface area contributed by atoms with Crippen LogP contribution in [0.5, 0.6) is 0 Å². The van der Waals surface area contributed by atoms with Crippen LogP contribution in [0.25, 0.3) is 0 Å². The van der Waals surface area contributed by atoms with Crippen LogP contribution in [0.3, 0.4) is 0 Å². The van der Waals surface area contributed by atoms with Gasteiger partial charge in [-0.25, -0.2) is 13.6 Å². The molecule has 0 aliphatic rings. The number of hydrogen-bond acceptors (Lipinski definition) is 3. The van der Waals surface area contributed by atoms with E-state index in [0.717, 1.165) is 0 Å². The number of nitrogens with zero attached hydrogens (tertiary/aromatic N) is 1. The fourth-order valence-corrected chi connectivity index (χ4v) is 1.52. The zero-order valence-corrected chi connectivity index (χ0v) is 8.48. The predicted octanol–water partition coefficient (Wildman–Crippen LogP) is 3.60. The highest BCUT2D eigenvalue weighted by Gasteiger charge is 2.41. The Hall–Kier alpha value is -1.33. The SMILES string of the molecule is O=C=Nc1ccc(SC(F)(F)C(F)F)cc1. The van der Waals surface area contributed by atoms with Gasteiger partial charge in [0.2, 0.25) is 6.08 Å². The van der Waals surface area contributed by atoms with Gasteiger partial charge in [0.25, 0.3) is 0 Å². The molecule has 7 heteroatoms. The van der Waals surface area contributed by atoms with Crippen LogP contribution in [0.2, 0.25) is 0 Å². The molecule has 0 saturated heterocycles. The fraction of sp³-hybridized carbons (Fsp3) is 0.222. The molecule has 16 heavy (non-hydrogen) atoms. The van der Waals surface area contributed by atoms with Crippen LogP contribution in [-0.2, 0) is 4.79 Å². The highest BCUT2D eigenvalue weighted by atomic mass is 32.2. The Kier molecular flexibility index (Phi) is 4.09. The van der Waals surface area contributed by atoms with E-state index in [1.807, 2.05) is 0 Å². The molecule has 0 fully saturated rings. The maximum absolute atomic E-state index is 12.6. The van der Waals surface area contributed by atoms with E-state index in [9.17, 15) is 22.4 Å². The molecule has 0 aliphatic carbocycles. The minimum Gasteiger partial charge on any atom is -0.211 e. The lowest BCUT2D eigenvalue weighted by atomic mass is 10.3. The van der Waals surface area contributed by atoms with E-state index in [2.05, 4.69) is 4.99 Å². The van der Waals surface area contributed by atoms with E-state index >= 15 is 0 Å². The lowest BCUT2D eigenvalue weighted by Gasteiger charge is -2.13. The van der Waals surface area contributed by atoms with Crippen molar-refractivity contribution in [1.82, 2.24) is 0 Å². The Balaban J connectivity index is 2.79. The maximum atomic E-state index is 12.6. The van der Waals surface area contributed by atoms with Gasteiger partial charge < -0.3 is 0 Å². The molecule has 1 aromatic carbocycles. The molecule has 0 bridgehead atoms. The summed E-state index contributed by atoms with van der Waals surface area (Å²) in [6.07, 6.45) is -2.46. The number of thioether (sulfide) groups is 1. The van der Waals surface area contributed by atoms with Crippen LogP contribution in [0, 0.1) is 0 Å². The van der Waals surface area contributed by atoms with Crippen LogP contribution in [-0.4, -0.2) is 17.8 Å². The molecule has 0 saturated carbocycles. The van der Waals surface area contributed by atoms with Crippen molar-refractivity contribution in [3.8, 4) is 0 Å². The first-order valence-corrected chi connectivity index (χ1v) is 4.80. The third-order valence-corrected chi connectivity index (χ3v) is 2.48. The normalized spacial score (nSPS) is 11.3. The molecule has 0 aliphatic heterocycles. The van der Waals surface area contributed by atoms with Crippen molar-refractivity contribution in [2.24, 2.45) is 4.99 Å². The summed E-state index contributed by atoms with van der Waals surface area (Å²) in [6, 6.07) is 4.87. The van der Waals surface area contributed by atoms with Gasteiger partial charge in [-0.15, -0.1) is 0 Å². The standard InChI is InChI=1S/C9H5F4NOS/c10-8(11)9(12,13)16-7-3-1-6(2-4-7)14-5-15/h1-4,8H. The smallest absolute Gasteiger partial charge is 0.211 e. The molecule has 0 N–H and O–H groups in total. The maximum Gasteiger partial charge on any atom is 0.357 e. The largest absolute Gasteiger partial charge is 0.357 e. The first-order chi connectivity index (χ1) is 7.45. The molecular weight excluding hydrogens is 246 g/mol. The number of rotatable bonds is 4. The van der Waals surface area contributed by atoms with Crippen molar-refractivity contribution in [2.45, 2.75) is 16.6 Å². The van der Waals surface area contributed by atoms with Gasteiger partial charge in [0.1, 0.15) is 0 Å². The second kappa shape index (κ2) is 5.14. The number of alkyl halides is 4. The van der Waals surface area contributed by atoms with Crippen LogP contribution in [0.1, 0.15) is 0 Å². The summed E-state index contributed by atoms with van der Waals surface area (Å²) in [7, 11) is 0. The van der Waals surface area contributed by atoms with E-state index in [-0.39, 0.29) is 22.3 Å². The fourth-order valence-electron chi connectivity index (χ4n) is 0.843. The number of halogens is 4. The van der Waals surface area contributed by atoms with Crippen LogP contribution < -0.4 is 0 Å². The van der Waals surface area contributed by atoms with E-state index in [0.29, 0.717) is 0 Å². The summed E-state index contributed by atoms with van der Waals surface area (Å²) < 4.78 is 48.9. The average molecular weight is 251 g/mol. The Bertz CT molecular complexity index is 400. The van der Waals surface area contributed by atoms with Crippen molar-refractivity contribution >= 4 is 23.5 Å². The lowest BCUT2D eigenvalue weighted by molar-refractivity contribution is -0.0563. The predicted molar refractivity (Wildman–Crippen MR) is 51.0 cm³/mol. The molecule has 86 valence electrons. The summed E-state index contributed by atoms with van der Waals surface area (Å²) in [5.41, 5.74) is 0.222. The molecule has 0 spiro atoms. The minimum absolute atomic E-state index is 0.0323. The summed E-state index contributed by atoms with van der Waals surface area (Å²) in [4.78, 5) is 13.1. The Morgan fingerprint density at radius 1 is 1.25 bits per heavy atom. The Morgan fingerprint density at radius 3 is 2.25 bits per heavy atom. The number of isocyanates is 1. The number of aliphatic imine (C=N–C) groups is 1. The number of carbonyl (C=O) groups excluding carboxylic acids is 1. The molecule has 0 radical (unpaired) electrons. The Labute approximate surface area is 92.4 Å². The van der Waals surface area contributed by atoms with Crippen molar-refractivity contribution in [3.05, 3.63) is 24.3 Å². The number of hydrogen-bond donors (Lipinski definition) is 0. The summed E-state index contributed by atoms with van der Waals surface area (Å²) in [6.45, 7) is 0. The summed E-state index contributed by atoms with van der Waals surface area (Å²) in [5.74, 6) is 0. The Morgan fingerprint density at radius 2 is 1.81 bits per heavy atom. The molecule has 0 amide bonds. The van der Waals surface area contributed by atoms with Gasteiger partial charge in [-0.3, -0.25) is 0 Å². The lowest BCUT2D eigenvalue weighted by Crippen LogP contribution is -2.21. The van der Waals surface area contributed by atoms with E-state index in [1.165, 1.54) is 30.3 Å². The van der Waals surface area contributed by atoms with E-state index in [1.54, 1.807) is 0 Å². The second-order valence-corrected chi connectivity index (χ2v) is 3.88. The molecule has 0 atom stereocenters. The highest BCUT2D eigenvalue weighted by molar-refractivity contribution is 8.00. The molecule has 1 aromatic rings. The summed E-state index contributed by atoms with van der Waals surface area (Å²) >= 11 is -0.243. The number of benzene rings is 1. The third kappa shape index (κ3) is 3.36. The van der Waals surface area contributed by atoms with Crippen molar-refractivity contribution < 1.29 is 22.4 Å². The zero-order chi connectivity index (χ0) is 12.2. The van der Waals surface area contributed by atoms with E-state index < -0.39 is 11.7 Å². The van der Waals surface area contributed by atoms with Crippen molar-refractivity contribution in [3.63, 3.8) is 0 Å².